The molecule has 8 nitrogen and oxygen atoms in total. The van der Waals surface area contributed by atoms with E-state index in [0.717, 1.165) is 34.7 Å². The van der Waals surface area contributed by atoms with Crippen molar-refractivity contribution in [1.29, 1.82) is 0 Å². The number of ether oxygens (including phenoxy) is 1. The lowest BCUT2D eigenvalue weighted by Gasteiger charge is -2.21. The predicted molar refractivity (Wildman–Crippen MR) is 116 cm³/mol. The van der Waals surface area contributed by atoms with E-state index in [2.05, 4.69) is 30.9 Å². The Bertz CT molecular complexity index is 1060. The van der Waals surface area contributed by atoms with E-state index >= 15 is 0 Å². The maximum absolute atomic E-state index is 12.9. The van der Waals surface area contributed by atoms with Gasteiger partial charge in [-0.3, -0.25) is 9.78 Å². The zero-order chi connectivity index (χ0) is 21.2. The summed E-state index contributed by atoms with van der Waals surface area (Å²) >= 11 is 0. The molecule has 2 aliphatic rings. The molecule has 1 aromatic carbocycles. The molecule has 1 amide bonds. The second kappa shape index (κ2) is 8.45. The zero-order valence-electron chi connectivity index (χ0n) is 17.5. The van der Waals surface area contributed by atoms with Crippen LogP contribution in [0.3, 0.4) is 0 Å². The van der Waals surface area contributed by atoms with Crippen LogP contribution in [0.1, 0.15) is 38.5 Å². The number of aromatic nitrogens is 5. The lowest BCUT2D eigenvalue weighted by molar-refractivity contribution is -0.117. The number of hydrogen-bond acceptors (Lipinski definition) is 6. The van der Waals surface area contributed by atoms with E-state index < -0.39 is 0 Å². The van der Waals surface area contributed by atoms with Crippen LogP contribution in [0.25, 0.3) is 22.5 Å². The molecular weight excluding hydrogens is 392 g/mol. The summed E-state index contributed by atoms with van der Waals surface area (Å²) in [6.07, 6.45) is 11.0. The Morgan fingerprint density at radius 2 is 2.00 bits per heavy atom. The fourth-order valence-electron chi connectivity index (χ4n) is 4.86. The molecule has 2 aliphatic carbocycles. The standard InChI is InChI=1S/C23H26N6O2/c1-31-17-9-15(12-24-13-17)18-8-7-16(10-20(18)22-26-28-29-27-22)25-23(30)21-11-19(21)14-5-3-2-4-6-14/h7-10,12-14,19,21H,2-6,11H2,1H3,(H,25,30)(H,26,27,28,29)/t19-,21+/m0/s1. The molecule has 5 rings (SSSR count). The average Bonchev–Trinajstić information content (AvgIpc) is 3.44. The Labute approximate surface area is 180 Å². The van der Waals surface area contributed by atoms with Gasteiger partial charge >= 0.3 is 0 Å². The zero-order valence-corrected chi connectivity index (χ0v) is 17.5. The van der Waals surface area contributed by atoms with E-state index in [1.54, 1.807) is 19.5 Å². The number of carbonyl (C=O) groups excluding carboxylic acids is 1. The van der Waals surface area contributed by atoms with Crippen molar-refractivity contribution in [3.05, 3.63) is 36.7 Å². The summed E-state index contributed by atoms with van der Waals surface area (Å²) < 4.78 is 5.31. The molecule has 2 aromatic heterocycles. The summed E-state index contributed by atoms with van der Waals surface area (Å²) in [5, 5.41) is 17.4. The van der Waals surface area contributed by atoms with Crippen LogP contribution in [0.5, 0.6) is 5.75 Å². The number of hydrogen-bond donors (Lipinski definition) is 2. The highest BCUT2D eigenvalue weighted by Gasteiger charge is 2.47. The minimum absolute atomic E-state index is 0.119. The number of nitrogens with zero attached hydrogens (tertiary/aromatic N) is 4. The topological polar surface area (TPSA) is 106 Å². The number of carbonyl (C=O) groups is 1. The summed E-state index contributed by atoms with van der Waals surface area (Å²) in [7, 11) is 1.61. The number of anilines is 1. The number of pyridine rings is 1. The van der Waals surface area contributed by atoms with Gasteiger partial charge in [-0.15, -0.1) is 5.10 Å². The molecule has 2 saturated carbocycles. The molecule has 0 aliphatic heterocycles. The van der Waals surface area contributed by atoms with Crippen LogP contribution in [0.4, 0.5) is 5.69 Å². The highest BCUT2D eigenvalue weighted by atomic mass is 16.5. The normalized spacial score (nSPS) is 20.9. The molecule has 2 fully saturated rings. The fraction of sp³-hybridized carbons (Fsp3) is 0.435. The monoisotopic (exact) mass is 418 g/mol. The van der Waals surface area contributed by atoms with E-state index in [-0.39, 0.29) is 11.8 Å². The third-order valence-corrected chi connectivity index (χ3v) is 6.58. The molecule has 0 bridgehead atoms. The summed E-state index contributed by atoms with van der Waals surface area (Å²) in [5.41, 5.74) is 3.31. The fourth-order valence-corrected chi connectivity index (χ4v) is 4.86. The van der Waals surface area contributed by atoms with Gasteiger partial charge in [-0.05, 0) is 52.4 Å². The summed E-state index contributed by atoms with van der Waals surface area (Å²) in [6, 6.07) is 7.69. The van der Waals surface area contributed by atoms with E-state index in [4.69, 9.17) is 4.74 Å². The Balaban J connectivity index is 1.38. The molecule has 2 N–H and O–H groups in total. The van der Waals surface area contributed by atoms with Gasteiger partial charge in [0.05, 0.1) is 13.3 Å². The molecule has 2 atom stereocenters. The average molecular weight is 419 g/mol. The predicted octanol–water partition coefficient (Wildman–Crippen LogP) is 4.09. The number of methoxy groups -OCH3 is 1. The summed E-state index contributed by atoms with van der Waals surface area (Å²) in [6.45, 7) is 0. The second-order valence-corrected chi connectivity index (χ2v) is 8.52. The van der Waals surface area contributed by atoms with Crippen molar-refractivity contribution in [1.82, 2.24) is 25.6 Å². The van der Waals surface area contributed by atoms with Gasteiger partial charge in [0.1, 0.15) is 5.75 Å². The van der Waals surface area contributed by atoms with Crippen LogP contribution in [-0.2, 0) is 4.79 Å². The number of aromatic amines is 1. The molecule has 0 saturated heterocycles. The van der Waals surface area contributed by atoms with E-state index in [0.29, 0.717) is 17.5 Å². The molecule has 31 heavy (non-hydrogen) atoms. The Hall–Kier alpha value is -3.29. The molecular formula is C23H26N6O2. The van der Waals surface area contributed by atoms with Crippen molar-refractivity contribution in [2.45, 2.75) is 38.5 Å². The third-order valence-electron chi connectivity index (χ3n) is 6.58. The van der Waals surface area contributed by atoms with Gasteiger partial charge < -0.3 is 10.1 Å². The quantitative estimate of drug-likeness (QED) is 0.624. The first kappa shape index (κ1) is 19.7. The van der Waals surface area contributed by atoms with E-state index in [9.17, 15) is 4.79 Å². The molecule has 160 valence electrons. The Morgan fingerprint density at radius 1 is 1.13 bits per heavy atom. The van der Waals surface area contributed by atoms with Gasteiger partial charge in [0.15, 0.2) is 5.82 Å². The summed E-state index contributed by atoms with van der Waals surface area (Å²) in [5.74, 6) is 2.73. The van der Waals surface area contributed by atoms with E-state index in [1.165, 1.54) is 32.1 Å². The van der Waals surface area contributed by atoms with Crippen molar-refractivity contribution in [2.24, 2.45) is 17.8 Å². The van der Waals surface area contributed by atoms with Crippen LogP contribution >= 0.6 is 0 Å². The van der Waals surface area contributed by atoms with Crippen LogP contribution in [-0.4, -0.2) is 38.6 Å². The minimum Gasteiger partial charge on any atom is -0.495 e. The molecule has 0 radical (unpaired) electrons. The Morgan fingerprint density at radius 3 is 2.77 bits per heavy atom. The minimum atomic E-state index is 0.119. The van der Waals surface area contributed by atoms with Gasteiger partial charge in [0.25, 0.3) is 0 Å². The van der Waals surface area contributed by atoms with Gasteiger partial charge in [0.2, 0.25) is 5.91 Å². The highest BCUT2D eigenvalue weighted by molar-refractivity contribution is 5.96. The number of benzene rings is 1. The second-order valence-electron chi connectivity index (χ2n) is 8.52. The maximum atomic E-state index is 12.9. The SMILES string of the molecule is COc1cncc(-c2ccc(NC(=O)[C@@H]3C[C@H]3C3CCCCC3)cc2-c2nnn[nH]2)c1. The number of H-pyrrole nitrogens is 1. The molecule has 3 aromatic rings. The van der Waals surface area contributed by atoms with E-state index in [1.807, 2.05) is 24.3 Å². The third kappa shape index (κ3) is 4.15. The highest BCUT2D eigenvalue weighted by Crippen LogP contribution is 2.49. The van der Waals surface area contributed by atoms with Gasteiger partial charge in [-0.2, -0.15) is 0 Å². The molecule has 8 heteroatoms. The first-order valence-corrected chi connectivity index (χ1v) is 10.9. The number of nitrogens with one attached hydrogen (secondary N) is 2. The largest absolute Gasteiger partial charge is 0.495 e. The van der Waals surface area contributed by atoms with Gasteiger partial charge in [-0.25, -0.2) is 5.10 Å². The number of amides is 1. The van der Waals surface area contributed by atoms with Gasteiger partial charge in [0, 0.05) is 28.9 Å². The lowest BCUT2D eigenvalue weighted by Crippen LogP contribution is -2.18. The first-order valence-electron chi connectivity index (χ1n) is 10.9. The van der Waals surface area contributed by atoms with Crippen molar-refractivity contribution in [3.8, 4) is 28.3 Å². The maximum Gasteiger partial charge on any atom is 0.227 e. The number of rotatable bonds is 6. The van der Waals surface area contributed by atoms with Crippen LogP contribution in [0.15, 0.2) is 36.7 Å². The van der Waals surface area contributed by atoms with Crippen LogP contribution in [0.2, 0.25) is 0 Å². The molecule has 0 spiro atoms. The number of tetrazole rings is 1. The van der Waals surface area contributed by atoms with Crippen molar-refractivity contribution in [3.63, 3.8) is 0 Å². The lowest BCUT2D eigenvalue weighted by atomic mass is 9.85. The summed E-state index contributed by atoms with van der Waals surface area (Å²) in [4.78, 5) is 17.1. The Kier molecular flexibility index (Phi) is 5.36. The smallest absolute Gasteiger partial charge is 0.227 e. The van der Waals surface area contributed by atoms with Crippen molar-refractivity contribution in [2.75, 3.05) is 12.4 Å². The van der Waals surface area contributed by atoms with Crippen LogP contribution < -0.4 is 10.1 Å². The van der Waals surface area contributed by atoms with Crippen molar-refractivity contribution < 1.29 is 9.53 Å². The van der Waals surface area contributed by atoms with Crippen LogP contribution in [0, 0.1) is 17.8 Å². The molecule has 0 unspecified atom stereocenters. The first-order chi connectivity index (χ1) is 15.2. The van der Waals surface area contributed by atoms with Gasteiger partial charge in [-0.1, -0.05) is 38.2 Å². The molecule has 2 heterocycles. The van der Waals surface area contributed by atoms with Crippen molar-refractivity contribution >= 4 is 11.6 Å².